The standard InChI is InChI=1S/C30H23IN2O6S/c1-3-37-29(35)25-26(18-7-5-4-6-8-18)32-30-33(27(25)19-10-12-22-23(15-19)39-16-38-22)28(34)24(40-30)14-17-9-11-21(36-2)20(31)13-17/h4-15,27H,3,16H2,1-2H3/b24-14-/t27-/m0/s1. The highest BCUT2D eigenvalue weighted by Crippen LogP contribution is 2.40. The molecule has 0 saturated heterocycles. The van der Waals surface area contributed by atoms with Crippen molar-refractivity contribution in [1.82, 2.24) is 4.57 Å². The maximum atomic E-state index is 14.0. The van der Waals surface area contributed by atoms with Crippen LogP contribution in [0.15, 0.2) is 82.1 Å². The number of carbonyl (C=O) groups is 1. The molecule has 2 aliphatic rings. The van der Waals surface area contributed by atoms with E-state index in [1.807, 2.05) is 66.7 Å². The second-order valence-electron chi connectivity index (χ2n) is 8.94. The monoisotopic (exact) mass is 666 g/mol. The van der Waals surface area contributed by atoms with Crippen LogP contribution in [0.25, 0.3) is 11.8 Å². The van der Waals surface area contributed by atoms with Gasteiger partial charge in [0.05, 0.1) is 39.1 Å². The lowest BCUT2D eigenvalue weighted by Gasteiger charge is -2.26. The van der Waals surface area contributed by atoms with Crippen LogP contribution in [0, 0.1) is 3.57 Å². The van der Waals surface area contributed by atoms with Crippen LogP contribution in [0.4, 0.5) is 0 Å². The molecule has 3 heterocycles. The first kappa shape index (κ1) is 26.3. The summed E-state index contributed by atoms with van der Waals surface area (Å²) >= 11 is 3.48. The summed E-state index contributed by atoms with van der Waals surface area (Å²) < 4.78 is 25.0. The zero-order valence-electron chi connectivity index (χ0n) is 21.5. The molecular formula is C30H23IN2O6S. The first-order chi connectivity index (χ1) is 19.5. The maximum Gasteiger partial charge on any atom is 0.338 e. The van der Waals surface area contributed by atoms with Gasteiger partial charge in [-0.25, -0.2) is 9.79 Å². The Hall–Kier alpha value is -3.90. The average molecular weight is 666 g/mol. The van der Waals surface area contributed by atoms with Crippen molar-refractivity contribution >= 4 is 51.7 Å². The van der Waals surface area contributed by atoms with E-state index in [0.717, 1.165) is 20.4 Å². The van der Waals surface area contributed by atoms with Crippen molar-refractivity contribution in [2.24, 2.45) is 4.99 Å². The van der Waals surface area contributed by atoms with Gasteiger partial charge in [-0.05, 0) is 71.0 Å². The van der Waals surface area contributed by atoms with E-state index in [-0.39, 0.29) is 24.5 Å². The minimum atomic E-state index is -0.793. The highest BCUT2D eigenvalue weighted by Gasteiger charge is 2.36. The molecule has 40 heavy (non-hydrogen) atoms. The Morgan fingerprint density at radius 3 is 2.67 bits per heavy atom. The Morgan fingerprint density at radius 2 is 1.93 bits per heavy atom. The van der Waals surface area contributed by atoms with Gasteiger partial charge in [-0.3, -0.25) is 9.36 Å². The van der Waals surface area contributed by atoms with E-state index in [2.05, 4.69) is 22.6 Å². The average Bonchev–Trinajstić information content (AvgIpc) is 3.56. The first-order valence-corrected chi connectivity index (χ1v) is 14.4. The zero-order valence-corrected chi connectivity index (χ0v) is 24.5. The minimum Gasteiger partial charge on any atom is -0.496 e. The number of carbonyl (C=O) groups excluding carboxylic acids is 1. The van der Waals surface area contributed by atoms with E-state index in [1.165, 1.54) is 11.3 Å². The van der Waals surface area contributed by atoms with Crippen LogP contribution in [0.1, 0.15) is 29.7 Å². The molecule has 1 aromatic heterocycles. The van der Waals surface area contributed by atoms with Crippen molar-refractivity contribution in [2.75, 3.05) is 20.5 Å². The molecule has 0 amide bonds. The Morgan fingerprint density at radius 1 is 1.12 bits per heavy atom. The van der Waals surface area contributed by atoms with Crippen LogP contribution < -0.4 is 29.1 Å². The third kappa shape index (κ3) is 4.71. The van der Waals surface area contributed by atoms with E-state index in [1.54, 1.807) is 24.7 Å². The molecule has 0 saturated carbocycles. The molecule has 1 atom stereocenters. The normalized spacial score (nSPS) is 16.0. The number of methoxy groups -OCH3 is 1. The number of benzene rings is 3. The third-order valence-corrected chi connectivity index (χ3v) is 8.39. The Kier molecular flexibility index (Phi) is 7.20. The summed E-state index contributed by atoms with van der Waals surface area (Å²) in [5.41, 5.74) is 2.77. The molecule has 0 N–H and O–H groups in total. The molecule has 0 spiro atoms. The SMILES string of the molecule is CCOC(=O)C1=C(c2ccccc2)N=c2s/c(=C\c3ccc(OC)c(I)c3)c(=O)n2[C@H]1c1ccc2c(c1)OCO2. The second kappa shape index (κ2) is 10.9. The minimum absolute atomic E-state index is 0.109. The maximum absolute atomic E-state index is 14.0. The molecule has 3 aromatic carbocycles. The fraction of sp³-hybridized carbons (Fsp3) is 0.167. The lowest BCUT2D eigenvalue weighted by molar-refractivity contribution is -0.138. The van der Waals surface area contributed by atoms with Crippen LogP contribution in [0.5, 0.6) is 17.2 Å². The lowest BCUT2D eigenvalue weighted by atomic mass is 9.93. The molecule has 4 aromatic rings. The summed E-state index contributed by atoms with van der Waals surface area (Å²) in [4.78, 5) is 33.0. The predicted octanol–water partition coefficient (Wildman–Crippen LogP) is 4.28. The first-order valence-electron chi connectivity index (χ1n) is 12.5. The summed E-state index contributed by atoms with van der Waals surface area (Å²) in [6.45, 7) is 2.04. The lowest BCUT2D eigenvalue weighted by Crippen LogP contribution is -2.40. The third-order valence-electron chi connectivity index (χ3n) is 6.56. The zero-order chi connectivity index (χ0) is 27.8. The van der Waals surface area contributed by atoms with Gasteiger partial charge in [0.25, 0.3) is 5.56 Å². The van der Waals surface area contributed by atoms with Crippen molar-refractivity contribution < 1.29 is 23.7 Å². The molecule has 0 aliphatic carbocycles. The molecule has 10 heteroatoms. The van der Waals surface area contributed by atoms with Gasteiger partial charge in [0.1, 0.15) is 5.75 Å². The number of hydrogen-bond donors (Lipinski definition) is 0. The van der Waals surface area contributed by atoms with Gasteiger partial charge in [-0.2, -0.15) is 0 Å². The van der Waals surface area contributed by atoms with Gasteiger partial charge in [-0.15, -0.1) is 0 Å². The van der Waals surface area contributed by atoms with Gasteiger partial charge in [0, 0.05) is 5.56 Å². The number of rotatable bonds is 6. The molecule has 202 valence electrons. The van der Waals surface area contributed by atoms with Gasteiger partial charge < -0.3 is 18.9 Å². The molecule has 0 fully saturated rings. The number of aromatic nitrogens is 1. The summed E-state index contributed by atoms with van der Waals surface area (Å²) in [5.74, 6) is 1.38. The highest BCUT2D eigenvalue weighted by molar-refractivity contribution is 14.1. The van der Waals surface area contributed by atoms with E-state index < -0.39 is 12.0 Å². The fourth-order valence-corrected chi connectivity index (χ4v) is 6.52. The fourth-order valence-electron chi connectivity index (χ4n) is 4.76. The van der Waals surface area contributed by atoms with Crippen molar-refractivity contribution in [1.29, 1.82) is 0 Å². The van der Waals surface area contributed by atoms with Crippen LogP contribution in [-0.4, -0.2) is 31.0 Å². The van der Waals surface area contributed by atoms with Crippen molar-refractivity contribution in [3.8, 4) is 17.2 Å². The van der Waals surface area contributed by atoms with E-state index in [4.69, 9.17) is 23.9 Å². The molecule has 2 aliphatic heterocycles. The van der Waals surface area contributed by atoms with Crippen molar-refractivity contribution in [3.63, 3.8) is 0 Å². The number of halogens is 1. The number of fused-ring (bicyclic) bond motifs is 2. The van der Waals surface area contributed by atoms with Gasteiger partial charge in [0.2, 0.25) is 6.79 Å². The molecule has 0 unspecified atom stereocenters. The van der Waals surface area contributed by atoms with E-state index in [9.17, 15) is 9.59 Å². The smallest absolute Gasteiger partial charge is 0.338 e. The highest BCUT2D eigenvalue weighted by atomic mass is 127. The van der Waals surface area contributed by atoms with Crippen molar-refractivity contribution in [3.05, 3.63) is 112 Å². The number of thiazole rings is 1. The number of ether oxygens (including phenoxy) is 4. The second-order valence-corrected chi connectivity index (χ2v) is 11.1. The Labute approximate surface area is 247 Å². The topological polar surface area (TPSA) is 88.4 Å². The van der Waals surface area contributed by atoms with Crippen LogP contribution in [0.3, 0.4) is 0 Å². The van der Waals surface area contributed by atoms with Crippen LogP contribution in [-0.2, 0) is 9.53 Å². The quantitative estimate of drug-likeness (QED) is 0.226. The summed E-state index contributed by atoms with van der Waals surface area (Å²) in [5, 5.41) is 0. The molecule has 6 rings (SSSR count). The van der Waals surface area contributed by atoms with Crippen LogP contribution in [0.2, 0.25) is 0 Å². The predicted molar refractivity (Wildman–Crippen MR) is 159 cm³/mol. The Bertz CT molecular complexity index is 1840. The summed E-state index contributed by atoms with van der Waals surface area (Å²) in [6.07, 6.45) is 1.83. The number of nitrogens with zero attached hydrogens (tertiary/aromatic N) is 2. The molecular weight excluding hydrogens is 643 g/mol. The summed E-state index contributed by atoms with van der Waals surface area (Å²) in [7, 11) is 1.62. The van der Waals surface area contributed by atoms with Gasteiger partial charge in [0.15, 0.2) is 16.3 Å². The summed E-state index contributed by atoms with van der Waals surface area (Å²) in [6, 6.07) is 19.8. The molecule has 0 radical (unpaired) electrons. The van der Waals surface area contributed by atoms with Gasteiger partial charge >= 0.3 is 5.97 Å². The van der Waals surface area contributed by atoms with Crippen LogP contribution >= 0.6 is 33.9 Å². The molecule has 8 nitrogen and oxygen atoms in total. The number of esters is 1. The van der Waals surface area contributed by atoms with E-state index in [0.29, 0.717) is 32.1 Å². The van der Waals surface area contributed by atoms with E-state index >= 15 is 0 Å². The Balaban J connectivity index is 1.62. The largest absolute Gasteiger partial charge is 0.496 e. The number of hydrogen-bond acceptors (Lipinski definition) is 8. The molecule has 0 bridgehead atoms. The van der Waals surface area contributed by atoms with Crippen molar-refractivity contribution in [2.45, 2.75) is 13.0 Å². The van der Waals surface area contributed by atoms with Gasteiger partial charge in [-0.1, -0.05) is 53.8 Å².